The minimum absolute atomic E-state index is 0.165. The largest absolute Gasteiger partial charge is 0.394 e. The summed E-state index contributed by atoms with van der Waals surface area (Å²) in [6.45, 7) is 8.52. The van der Waals surface area contributed by atoms with Crippen LogP contribution >= 0.6 is 0 Å². The molecule has 0 saturated carbocycles. The molecule has 0 aliphatic carbocycles. The normalized spacial score (nSPS) is 21.4. The van der Waals surface area contributed by atoms with Crippen molar-refractivity contribution in [3.05, 3.63) is 29.8 Å². The molecule has 1 aliphatic heterocycles. The predicted octanol–water partition coefficient (Wildman–Crippen LogP) is 2.58. The highest BCUT2D eigenvalue weighted by Crippen LogP contribution is 2.31. The minimum Gasteiger partial charge on any atom is -0.394 e. The molecule has 1 aromatic carbocycles. The number of aryl methyl sites for hydroxylation is 1. The van der Waals surface area contributed by atoms with Crippen LogP contribution in [0.15, 0.2) is 24.3 Å². The summed E-state index contributed by atoms with van der Waals surface area (Å²) >= 11 is 0. The summed E-state index contributed by atoms with van der Waals surface area (Å²) < 4.78 is 0. The van der Waals surface area contributed by atoms with Crippen molar-refractivity contribution in [1.29, 1.82) is 0 Å². The molecule has 0 aromatic heterocycles. The van der Waals surface area contributed by atoms with Gasteiger partial charge in [-0.15, -0.1) is 0 Å². The first-order valence-corrected chi connectivity index (χ1v) is 7.80. The minimum atomic E-state index is -0.241. The van der Waals surface area contributed by atoms with Crippen LogP contribution in [-0.4, -0.2) is 36.4 Å². The molecule has 3 nitrogen and oxygen atoms in total. The molecule has 0 spiro atoms. The molecule has 2 unspecified atom stereocenters. The first-order valence-electron chi connectivity index (χ1n) is 7.80. The lowest BCUT2D eigenvalue weighted by Crippen LogP contribution is -2.56. The average Bonchev–Trinajstić information content (AvgIpc) is 2.48. The van der Waals surface area contributed by atoms with E-state index in [1.54, 1.807) is 0 Å². The number of hydrogen-bond donors (Lipinski definition) is 2. The molecule has 112 valence electrons. The predicted molar refractivity (Wildman–Crippen MR) is 85.4 cm³/mol. The second-order valence-corrected chi connectivity index (χ2v) is 6.29. The van der Waals surface area contributed by atoms with Crippen LogP contribution in [0.3, 0.4) is 0 Å². The van der Waals surface area contributed by atoms with Crippen molar-refractivity contribution in [2.24, 2.45) is 0 Å². The van der Waals surface area contributed by atoms with Crippen LogP contribution in [-0.2, 0) is 6.42 Å². The molecule has 2 N–H and O–H groups in total. The maximum Gasteiger partial charge on any atom is 0.0627 e. The number of aliphatic hydroxyl groups excluding tert-OH is 1. The van der Waals surface area contributed by atoms with Crippen molar-refractivity contribution in [2.45, 2.75) is 51.6 Å². The van der Waals surface area contributed by atoms with Gasteiger partial charge in [-0.05, 0) is 51.3 Å². The number of rotatable bonds is 6. The molecule has 2 atom stereocenters. The van der Waals surface area contributed by atoms with E-state index >= 15 is 0 Å². The van der Waals surface area contributed by atoms with Gasteiger partial charge in [0.2, 0.25) is 0 Å². The molecule has 1 aromatic rings. The van der Waals surface area contributed by atoms with Crippen LogP contribution in [0.25, 0.3) is 0 Å². The fourth-order valence-corrected chi connectivity index (χ4v) is 2.97. The number of benzene rings is 1. The number of hydrogen-bond acceptors (Lipinski definition) is 3. The fourth-order valence-electron chi connectivity index (χ4n) is 2.97. The van der Waals surface area contributed by atoms with E-state index in [4.69, 9.17) is 0 Å². The van der Waals surface area contributed by atoms with Gasteiger partial charge in [0.1, 0.15) is 0 Å². The average molecular weight is 276 g/mol. The van der Waals surface area contributed by atoms with Crippen LogP contribution in [0, 0.1) is 0 Å². The van der Waals surface area contributed by atoms with E-state index in [2.05, 4.69) is 55.3 Å². The molecule has 0 bridgehead atoms. The van der Waals surface area contributed by atoms with Crippen molar-refractivity contribution < 1.29 is 5.11 Å². The molecule has 0 amide bonds. The number of nitrogens with zero attached hydrogens (tertiary/aromatic N) is 1. The Bertz CT molecular complexity index is 435. The Hall–Kier alpha value is -1.06. The Labute approximate surface area is 123 Å². The molecule has 0 fully saturated rings. The van der Waals surface area contributed by atoms with Crippen LogP contribution in [0.4, 0.5) is 5.69 Å². The van der Waals surface area contributed by atoms with Crippen LogP contribution < -0.4 is 10.2 Å². The standard InChI is InChI=1S/C17H28N2O/c1-4-11-18-17(3,13-20)12-19-14(2)9-10-15-7-5-6-8-16(15)19/h5-8,14,18,20H,4,9-13H2,1-3H3. The maximum absolute atomic E-state index is 9.79. The van der Waals surface area contributed by atoms with Crippen molar-refractivity contribution in [3.63, 3.8) is 0 Å². The molecule has 1 aliphatic rings. The summed E-state index contributed by atoms with van der Waals surface area (Å²) in [6.07, 6.45) is 3.43. The lowest BCUT2D eigenvalue weighted by Gasteiger charge is -2.43. The van der Waals surface area contributed by atoms with Crippen molar-refractivity contribution in [3.8, 4) is 0 Å². The van der Waals surface area contributed by atoms with Gasteiger partial charge in [0.05, 0.1) is 12.1 Å². The number of fused-ring (bicyclic) bond motifs is 1. The number of anilines is 1. The molecular weight excluding hydrogens is 248 g/mol. The Kier molecular flexibility index (Phi) is 5.06. The third-order valence-electron chi connectivity index (χ3n) is 4.33. The zero-order valence-electron chi connectivity index (χ0n) is 13.0. The second-order valence-electron chi connectivity index (χ2n) is 6.29. The molecule has 3 heteroatoms. The smallest absolute Gasteiger partial charge is 0.0627 e. The zero-order valence-corrected chi connectivity index (χ0v) is 13.0. The molecule has 1 heterocycles. The summed E-state index contributed by atoms with van der Waals surface area (Å²) in [5, 5.41) is 13.3. The van der Waals surface area contributed by atoms with Gasteiger partial charge in [-0.1, -0.05) is 25.1 Å². The summed E-state index contributed by atoms with van der Waals surface area (Å²) in [7, 11) is 0. The van der Waals surface area contributed by atoms with Gasteiger partial charge in [-0.3, -0.25) is 0 Å². The van der Waals surface area contributed by atoms with E-state index in [0.29, 0.717) is 6.04 Å². The van der Waals surface area contributed by atoms with Crippen molar-refractivity contribution in [2.75, 3.05) is 24.6 Å². The van der Waals surface area contributed by atoms with Crippen LogP contribution in [0.5, 0.6) is 0 Å². The van der Waals surface area contributed by atoms with E-state index in [-0.39, 0.29) is 12.1 Å². The lowest BCUT2D eigenvalue weighted by molar-refractivity contribution is 0.175. The number of aliphatic hydroxyl groups is 1. The molecule has 20 heavy (non-hydrogen) atoms. The van der Waals surface area contributed by atoms with Gasteiger partial charge < -0.3 is 15.3 Å². The van der Waals surface area contributed by atoms with E-state index in [9.17, 15) is 5.11 Å². The lowest BCUT2D eigenvalue weighted by atomic mass is 9.93. The number of nitrogens with one attached hydrogen (secondary N) is 1. The Morgan fingerprint density at radius 2 is 2.15 bits per heavy atom. The fraction of sp³-hybridized carbons (Fsp3) is 0.647. The highest BCUT2D eigenvalue weighted by Gasteiger charge is 2.30. The van der Waals surface area contributed by atoms with Gasteiger partial charge in [0.25, 0.3) is 0 Å². The summed E-state index contributed by atoms with van der Waals surface area (Å²) in [6, 6.07) is 9.19. The molecule has 0 saturated heterocycles. The van der Waals surface area contributed by atoms with Gasteiger partial charge >= 0.3 is 0 Å². The van der Waals surface area contributed by atoms with Crippen LogP contribution in [0.1, 0.15) is 39.2 Å². The summed E-state index contributed by atoms with van der Waals surface area (Å²) in [5.41, 5.74) is 2.53. The van der Waals surface area contributed by atoms with Gasteiger partial charge in [0.15, 0.2) is 0 Å². The highest BCUT2D eigenvalue weighted by atomic mass is 16.3. The Balaban J connectivity index is 2.18. The molecule has 0 radical (unpaired) electrons. The van der Waals surface area contributed by atoms with Crippen LogP contribution in [0.2, 0.25) is 0 Å². The third kappa shape index (κ3) is 3.33. The quantitative estimate of drug-likeness (QED) is 0.838. The van der Waals surface area contributed by atoms with Crippen molar-refractivity contribution >= 4 is 5.69 Å². The highest BCUT2D eigenvalue weighted by molar-refractivity contribution is 5.56. The second kappa shape index (κ2) is 6.59. The SMILES string of the molecule is CCCNC(C)(CO)CN1c2ccccc2CCC1C. The van der Waals surface area contributed by atoms with E-state index in [0.717, 1.165) is 25.9 Å². The third-order valence-corrected chi connectivity index (χ3v) is 4.33. The van der Waals surface area contributed by atoms with Gasteiger partial charge in [-0.25, -0.2) is 0 Å². The van der Waals surface area contributed by atoms with Gasteiger partial charge in [0, 0.05) is 18.3 Å². The monoisotopic (exact) mass is 276 g/mol. The first kappa shape index (κ1) is 15.3. The Morgan fingerprint density at radius 1 is 1.40 bits per heavy atom. The summed E-state index contributed by atoms with van der Waals surface area (Å²) in [5.74, 6) is 0. The number of para-hydroxylation sites is 1. The van der Waals surface area contributed by atoms with E-state index < -0.39 is 0 Å². The first-order chi connectivity index (χ1) is 9.59. The van der Waals surface area contributed by atoms with Crippen molar-refractivity contribution in [1.82, 2.24) is 5.32 Å². The van der Waals surface area contributed by atoms with Gasteiger partial charge in [-0.2, -0.15) is 0 Å². The summed E-state index contributed by atoms with van der Waals surface area (Å²) in [4.78, 5) is 2.46. The van der Waals surface area contributed by atoms with E-state index in [1.165, 1.54) is 17.7 Å². The molecular formula is C17H28N2O. The van der Waals surface area contributed by atoms with E-state index in [1.807, 2.05) is 0 Å². The Morgan fingerprint density at radius 3 is 2.85 bits per heavy atom. The zero-order chi connectivity index (χ0) is 14.6. The molecule has 2 rings (SSSR count). The maximum atomic E-state index is 9.79. The topological polar surface area (TPSA) is 35.5 Å².